The van der Waals surface area contributed by atoms with Gasteiger partial charge in [0.2, 0.25) is 5.95 Å². The molecule has 6 heteroatoms. The first-order valence-corrected chi connectivity index (χ1v) is 13.2. The molecule has 0 amide bonds. The van der Waals surface area contributed by atoms with Crippen LogP contribution in [0.3, 0.4) is 0 Å². The Morgan fingerprint density at radius 3 is 2.41 bits per heavy atom. The first-order valence-electron chi connectivity index (χ1n) is 12.8. The van der Waals surface area contributed by atoms with Gasteiger partial charge in [0, 0.05) is 28.2 Å². The van der Waals surface area contributed by atoms with Crippen LogP contribution in [0.15, 0.2) is 35.3 Å². The Morgan fingerprint density at radius 2 is 1.79 bits per heavy atom. The minimum Gasteiger partial charge on any atom is -0.352 e. The molecule has 0 radical (unpaired) electrons. The lowest BCUT2D eigenvalue weighted by Crippen LogP contribution is -2.55. The lowest BCUT2D eigenvalue weighted by molar-refractivity contribution is -0.0426. The molecule has 34 heavy (non-hydrogen) atoms. The molecule has 3 aromatic rings. The summed E-state index contributed by atoms with van der Waals surface area (Å²) in [6, 6.07) is 7.96. The smallest absolute Gasteiger partial charge is 0.260 e. The maximum Gasteiger partial charge on any atom is 0.260 e. The van der Waals surface area contributed by atoms with Crippen LogP contribution in [0.25, 0.3) is 22.2 Å². The van der Waals surface area contributed by atoms with E-state index in [2.05, 4.69) is 28.7 Å². The molecular weight excluding hydrogens is 444 g/mol. The number of nitrogens with one attached hydrogen (secondary N) is 1. The Kier molecular flexibility index (Phi) is 5.25. The molecule has 1 atom stereocenters. The average Bonchev–Trinajstić information content (AvgIpc) is 2.79. The van der Waals surface area contributed by atoms with E-state index in [0.29, 0.717) is 16.5 Å². The molecule has 2 aromatic heterocycles. The quantitative estimate of drug-likeness (QED) is 0.453. The number of anilines is 1. The van der Waals surface area contributed by atoms with Crippen LogP contribution >= 0.6 is 11.6 Å². The van der Waals surface area contributed by atoms with Crippen LogP contribution in [0, 0.1) is 24.7 Å². The summed E-state index contributed by atoms with van der Waals surface area (Å²) >= 11 is 6.63. The number of fused-ring (bicyclic) bond motifs is 1. The summed E-state index contributed by atoms with van der Waals surface area (Å²) in [7, 11) is 0. The number of nitrogens with zero attached hydrogens (tertiary/aromatic N) is 3. The number of aromatic nitrogens is 3. The molecule has 178 valence electrons. The van der Waals surface area contributed by atoms with E-state index in [4.69, 9.17) is 16.6 Å². The Balaban J connectivity index is 1.65. The van der Waals surface area contributed by atoms with E-state index in [1.165, 1.54) is 19.3 Å². The average molecular weight is 477 g/mol. The molecule has 1 N–H and O–H groups in total. The molecule has 0 saturated heterocycles. The number of aryl methyl sites for hydroxylation is 1. The lowest BCUT2D eigenvalue weighted by atomic mass is 9.53. The van der Waals surface area contributed by atoms with Crippen molar-refractivity contribution in [1.82, 2.24) is 14.5 Å². The van der Waals surface area contributed by atoms with Crippen molar-refractivity contribution in [3.05, 3.63) is 51.4 Å². The predicted molar refractivity (Wildman–Crippen MR) is 139 cm³/mol. The standard InChI is InChI=1S/C28H33ClN4O/c1-4-16(2)31-27-30-15-22-17(3)24(21-7-5-6-8-23(21)29)26(34)33(25(22)32-27)28-12-18-9-19(13-28)11-20(10-18)14-28/h5-8,15-16,18-20H,4,9-14H2,1-3H3,(H,30,31,32). The van der Waals surface area contributed by atoms with Crippen molar-refractivity contribution in [3.8, 4) is 11.1 Å². The third kappa shape index (κ3) is 3.38. The van der Waals surface area contributed by atoms with Gasteiger partial charge in [-0.15, -0.1) is 0 Å². The minimum atomic E-state index is -0.157. The summed E-state index contributed by atoms with van der Waals surface area (Å²) in [5, 5.41) is 4.97. The van der Waals surface area contributed by atoms with Crippen LogP contribution < -0.4 is 10.9 Å². The summed E-state index contributed by atoms with van der Waals surface area (Å²) in [4.78, 5) is 24.2. The van der Waals surface area contributed by atoms with Gasteiger partial charge in [-0.3, -0.25) is 9.36 Å². The van der Waals surface area contributed by atoms with E-state index < -0.39 is 0 Å². The molecule has 0 aliphatic heterocycles. The molecule has 4 aliphatic rings. The highest BCUT2D eigenvalue weighted by molar-refractivity contribution is 6.33. The first kappa shape index (κ1) is 22.1. The summed E-state index contributed by atoms with van der Waals surface area (Å²) in [6.07, 6.45) is 10.1. The molecule has 4 bridgehead atoms. The maximum absolute atomic E-state index is 14.5. The topological polar surface area (TPSA) is 59.8 Å². The lowest BCUT2D eigenvalue weighted by Gasteiger charge is -2.57. The first-order chi connectivity index (χ1) is 16.4. The van der Waals surface area contributed by atoms with E-state index in [9.17, 15) is 4.79 Å². The fourth-order valence-electron chi connectivity index (χ4n) is 7.46. The van der Waals surface area contributed by atoms with Crippen molar-refractivity contribution in [3.63, 3.8) is 0 Å². The van der Waals surface area contributed by atoms with Crippen molar-refractivity contribution in [2.45, 2.75) is 77.3 Å². The summed E-state index contributed by atoms with van der Waals surface area (Å²) < 4.78 is 2.10. The zero-order valence-electron chi connectivity index (χ0n) is 20.3. The molecule has 4 aliphatic carbocycles. The van der Waals surface area contributed by atoms with E-state index in [1.54, 1.807) is 0 Å². The second-order valence-electron chi connectivity index (χ2n) is 11.1. The monoisotopic (exact) mass is 476 g/mol. The fourth-order valence-corrected chi connectivity index (χ4v) is 7.69. The predicted octanol–water partition coefficient (Wildman–Crippen LogP) is 6.56. The van der Waals surface area contributed by atoms with Crippen LogP contribution in [0.5, 0.6) is 0 Å². The number of rotatable bonds is 5. The highest BCUT2D eigenvalue weighted by Gasteiger charge is 2.53. The normalized spacial score (nSPS) is 28.4. The second kappa shape index (κ2) is 8.08. The van der Waals surface area contributed by atoms with Crippen molar-refractivity contribution in [2.75, 3.05) is 5.32 Å². The molecule has 4 saturated carbocycles. The molecule has 1 unspecified atom stereocenters. The van der Waals surface area contributed by atoms with Crippen LogP contribution in [0.4, 0.5) is 5.95 Å². The van der Waals surface area contributed by atoms with Crippen molar-refractivity contribution >= 4 is 28.6 Å². The van der Waals surface area contributed by atoms with Gasteiger partial charge in [-0.1, -0.05) is 36.7 Å². The molecule has 0 spiro atoms. The molecule has 5 nitrogen and oxygen atoms in total. The number of halogens is 1. The van der Waals surface area contributed by atoms with Gasteiger partial charge in [0.1, 0.15) is 5.65 Å². The Morgan fingerprint density at radius 1 is 1.15 bits per heavy atom. The van der Waals surface area contributed by atoms with E-state index in [0.717, 1.165) is 65.6 Å². The minimum absolute atomic E-state index is 0.0493. The van der Waals surface area contributed by atoms with E-state index in [-0.39, 0.29) is 17.1 Å². The third-order valence-electron chi connectivity index (χ3n) is 8.79. The number of hydrogen-bond donors (Lipinski definition) is 1. The van der Waals surface area contributed by atoms with Crippen molar-refractivity contribution in [1.29, 1.82) is 0 Å². The summed E-state index contributed by atoms with van der Waals surface area (Å²) in [5.74, 6) is 2.76. The number of hydrogen-bond acceptors (Lipinski definition) is 4. The fraction of sp³-hybridized carbons (Fsp3) is 0.536. The Hall–Kier alpha value is -2.40. The van der Waals surface area contributed by atoms with Crippen LogP contribution in [0.2, 0.25) is 5.02 Å². The van der Waals surface area contributed by atoms with Gasteiger partial charge in [0.15, 0.2) is 0 Å². The van der Waals surface area contributed by atoms with Gasteiger partial charge in [-0.05, 0) is 88.2 Å². The van der Waals surface area contributed by atoms with Gasteiger partial charge in [-0.2, -0.15) is 4.98 Å². The summed E-state index contributed by atoms with van der Waals surface area (Å²) in [6.45, 7) is 6.28. The molecular formula is C28H33ClN4O. The molecule has 4 fully saturated rings. The number of benzene rings is 1. The zero-order valence-corrected chi connectivity index (χ0v) is 21.0. The zero-order chi connectivity index (χ0) is 23.6. The highest BCUT2D eigenvalue weighted by atomic mass is 35.5. The van der Waals surface area contributed by atoms with Crippen molar-refractivity contribution < 1.29 is 0 Å². The van der Waals surface area contributed by atoms with Gasteiger partial charge >= 0.3 is 0 Å². The van der Waals surface area contributed by atoms with Gasteiger partial charge in [0.05, 0.1) is 11.1 Å². The SMILES string of the molecule is CCC(C)Nc1ncc2c(C)c(-c3ccccc3Cl)c(=O)n(C34CC5CC(CC(C5)C3)C4)c2n1. The van der Waals surface area contributed by atoms with E-state index >= 15 is 0 Å². The van der Waals surface area contributed by atoms with Gasteiger partial charge in [-0.25, -0.2) is 4.98 Å². The van der Waals surface area contributed by atoms with E-state index in [1.807, 2.05) is 37.4 Å². The molecule has 7 rings (SSSR count). The summed E-state index contributed by atoms with van der Waals surface area (Å²) in [5.41, 5.74) is 3.07. The van der Waals surface area contributed by atoms with Crippen molar-refractivity contribution in [2.24, 2.45) is 17.8 Å². The van der Waals surface area contributed by atoms with Crippen LogP contribution in [-0.2, 0) is 5.54 Å². The molecule has 1 aromatic carbocycles. The van der Waals surface area contributed by atoms with Gasteiger partial charge in [0.25, 0.3) is 5.56 Å². The second-order valence-corrected chi connectivity index (χ2v) is 11.6. The Bertz CT molecular complexity index is 1290. The Labute approximate surface area is 206 Å². The van der Waals surface area contributed by atoms with Crippen LogP contribution in [0.1, 0.15) is 64.4 Å². The highest BCUT2D eigenvalue weighted by Crippen LogP contribution is 2.59. The molecule has 2 heterocycles. The number of pyridine rings is 1. The third-order valence-corrected chi connectivity index (χ3v) is 9.12. The van der Waals surface area contributed by atoms with Crippen LogP contribution in [-0.4, -0.2) is 20.6 Å². The van der Waals surface area contributed by atoms with Gasteiger partial charge < -0.3 is 5.32 Å². The largest absolute Gasteiger partial charge is 0.352 e. The maximum atomic E-state index is 14.5.